The standard InChI is InChI=1S/C31H36N6O7S2/c1-5-17-15-31(17,29(41)36-46(42,43)19-10-11-19)35-26(39)21-14-18(16-37(21)28(40)24(38)30(2,3)4)44-27-23(22-9-7-13-45-22)34-25-20(33-27)8-6-12-32-25/h5-9,12-13,17-19,21,24,38H,1,10-11,14-16H2,2-4H3,(H,35,39)(H,36,41)/t17-,18-,21+,24-,31-/m1/s1. The maximum Gasteiger partial charge on any atom is 0.259 e. The van der Waals surface area contributed by atoms with Crippen molar-refractivity contribution in [2.75, 3.05) is 6.54 Å². The summed E-state index contributed by atoms with van der Waals surface area (Å²) in [5, 5.41) is 15.0. The SMILES string of the molecule is C=C[C@@H]1C[C@]1(NC(=O)[C@@H]1C[C@@H](Oc2nc3cccnc3nc2-c2cccs2)CN1C(=O)[C@@H](O)C(C)(C)C)C(=O)NS(=O)(=O)C1CC1. The van der Waals surface area contributed by atoms with Crippen LogP contribution in [0.15, 0.2) is 48.5 Å². The molecule has 6 rings (SSSR count). The molecule has 0 spiro atoms. The second kappa shape index (κ2) is 11.7. The van der Waals surface area contributed by atoms with Gasteiger partial charge in [-0.05, 0) is 48.3 Å². The molecule has 3 aliphatic rings. The van der Waals surface area contributed by atoms with Crippen LogP contribution >= 0.6 is 11.3 Å². The van der Waals surface area contributed by atoms with Crippen molar-refractivity contribution in [1.29, 1.82) is 0 Å². The molecule has 3 fully saturated rings. The third-order valence-electron chi connectivity index (χ3n) is 8.59. The first-order chi connectivity index (χ1) is 21.7. The second-order valence-corrected chi connectivity index (χ2v) is 16.0. The Labute approximate surface area is 270 Å². The number of aliphatic hydroxyl groups excluding tert-OH is 1. The highest BCUT2D eigenvalue weighted by Gasteiger charge is 2.62. The van der Waals surface area contributed by atoms with Crippen molar-refractivity contribution >= 4 is 50.2 Å². The van der Waals surface area contributed by atoms with Crippen LogP contribution in [0.3, 0.4) is 0 Å². The van der Waals surface area contributed by atoms with Crippen molar-refractivity contribution in [3.05, 3.63) is 48.5 Å². The van der Waals surface area contributed by atoms with Gasteiger partial charge < -0.3 is 20.1 Å². The van der Waals surface area contributed by atoms with Crippen LogP contribution in [0.2, 0.25) is 0 Å². The quantitative estimate of drug-likeness (QED) is 0.271. The van der Waals surface area contributed by atoms with Crippen LogP contribution in [0.1, 0.15) is 46.5 Å². The summed E-state index contributed by atoms with van der Waals surface area (Å²) in [5.74, 6) is -2.48. The number of nitrogens with zero attached hydrogens (tertiary/aromatic N) is 4. The number of rotatable bonds is 10. The van der Waals surface area contributed by atoms with Gasteiger partial charge in [0.2, 0.25) is 21.8 Å². The van der Waals surface area contributed by atoms with Crippen molar-refractivity contribution in [3.63, 3.8) is 0 Å². The molecule has 2 saturated carbocycles. The monoisotopic (exact) mass is 668 g/mol. The summed E-state index contributed by atoms with van der Waals surface area (Å²) in [7, 11) is -3.87. The van der Waals surface area contributed by atoms with Gasteiger partial charge in [0.1, 0.15) is 35.0 Å². The Bertz CT molecular complexity index is 1810. The smallest absolute Gasteiger partial charge is 0.259 e. The number of thiophene rings is 1. The van der Waals surface area contributed by atoms with E-state index in [2.05, 4.69) is 31.6 Å². The Balaban J connectivity index is 1.29. The largest absolute Gasteiger partial charge is 0.471 e. The average Bonchev–Trinajstić information content (AvgIpc) is 3.88. The van der Waals surface area contributed by atoms with Gasteiger partial charge in [0.25, 0.3) is 11.8 Å². The molecule has 3 N–H and O–H groups in total. The molecule has 0 radical (unpaired) electrons. The number of fused-ring (bicyclic) bond motifs is 1. The van der Waals surface area contributed by atoms with E-state index >= 15 is 0 Å². The first kappa shape index (κ1) is 32.0. The molecule has 5 atom stereocenters. The number of likely N-dealkylation sites (tertiary alicyclic amines) is 1. The van der Waals surface area contributed by atoms with Gasteiger partial charge in [0.05, 0.1) is 16.7 Å². The molecule has 3 aromatic heterocycles. The second-order valence-electron chi connectivity index (χ2n) is 13.1. The summed E-state index contributed by atoms with van der Waals surface area (Å²) in [6, 6.07) is 6.09. The molecule has 3 amide bonds. The number of hydrogen-bond donors (Lipinski definition) is 3. The number of hydrogen-bond acceptors (Lipinski definition) is 11. The van der Waals surface area contributed by atoms with Gasteiger partial charge >= 0.3 is 0 Å². The molecular weight excluding hydrogens is 633 g/mol. The fraction of sp³-hybridized carbons (Fsp3) is 0.484. The van der Waals surface area contributed by atoms with E-state index in [1.807, 2.05) is 17.5 Å². The van der Waals surface area contributed by atoms with Crippen LogP contribution in [0.25, 0.3) is 21.7 Å². The molecule has 0 bridgehead atoms. The van der Waals surface area contributed by atoms with Gasteiger partial charge in [-0.15, -0.1) is 17.9 Å². The minimum Gasteiger partial charge on any atom is -0.471 e. The number of aliphatic hydroxyl groups is 1. The molecule has 1 aliphatic heterocycles. The van der Waals surface area contributed by atoms with E-state index in [-0.39, 0.29) is 25.3 Å². The van der Waals surface area contributed by atoms with Crippen LogP contribution in [0.5, 0.6) is 5.88 Å². The number of carbonyl (C=O) groups excluding carboxylic acids is 3. The number of carbonyl (C=O) groups is 3. The van der Waals surface area contributed by atoms with Crippen LogP contribution in [-0.4, -0.2) is 86.7 Å². The number of amides is 3. The van der Waals surface area contributed by atoms with Crippen molar-refractivity contribution in [3.8, 4) is 16.5 Å². The van der Waals surface area contributed by atoms with Crippen LogP contribution < -0.4 is 14.8 Å². The fourth-order valence-corrected chi connectivity index (χ4v) is 7.68. The molecule has 244 valence electrons. The third-order valence-corrected chi connectivity index (χ3v) is 11.3. The maximum atomic E-state index is 14.0. The molecule has 0 unspecified atom stereocenters. The zero-order valence-electron chi connectivity index (χ0n) is 25.7. The lowest BCUT2D eigenvalue weighted by atomic mass is 9.88. The minimum absolute atomic E-state index is 0.0158. The zero-order valence-corrected chi connectivity index (χ0v) is 27.3. The molecule has 1 saturated heterocycles. The van der Waals surface area contributed by atoms with Gasteiger partial charge in [0, 0.05) is 18.5 Å². The molecule has 3 aromatic rings. The summed E-state index contributed by atoms with van der Waals surface area (Å²) in [6.45, 7) is 8.81. The topological polar surface area (TPSA) is 181 Å². The van der Waals surface area contributed by atoms with Gasteiger partial charge in [-0.3, -0.25) is 19.1 Å². The van der Waals surface area contributed by atoms with Crippen LogP contribution in [-0.2, 0) is 24.4 Å². The first-order valence-corrected chi connectivity index (χ1v) is 17.5. The molecule has 2 aliphatic carbocycles. The summed E-state index contributed by atoms with van der Waals surface area (Å²) in [4.78, 5) is 56.6. The summed E-state index contributed by atoms with van der Waals surface area (Å²) in [5.41, 5.74) is -0.968. The highest BCUT2D eigenvalue weighted by atomic mass is 32.2. The lowest BCUT2D eigenvalue weighted by Gasteiger charge is -2.32. The van der Waals surface area contributed by atoms with E-state index in [0.717, 1.165) is 4.88 Å². The van der Waals surface area contributed by atoms with Crippen LogP contribution in [0, 0.1) is 11.3 Å². The lowest BCUT2D eigenvalue weighted by Crippen LogP contribution is -2.57. The van der Waals surface area contributed by atoms with E-state index in [4.69, 9.17) is 4.74 Å². The average molecular weight is 669 g/mol. The predicted molar refractivity (Wildman–Crippen MR) is 170 cm³/mol. The summed E-state index contributed by atoms with van der Waals surface area (Å²) >= 11 is 1.44. The summed E-state index contributed by atoms with van der Waals surface area (Å²) < 4.78 is 33.6. The molecule has 13 nitrogen and oxygen atoms in total. The fourth-order valence-electron chi connectivity index (χ4n) is 5.61. The molecular formula is C31H36N6O7S2. The Kier molecular flexibility index (Phi) is 8.13. The van der Waals surface area contributed by atoms with Crippen molar-refractivity contribution in [1.82, 2.24) is 29.9 Å². The number of nitrogens with one attached hydrogen (secondary N) is 2. The molecule has 0 aromatic carbocycles. The Morgan fingerprint density at radius 2 is 1.98 bits per heavy atom. The highest BCUT2D eigenvalue weighted by molar-refractivity contribution is 7.91. The van der Waals surface area contributed by atoms with Crippen molar-refractivity contribution in [2.24, 2.45) is 11.3 Å². The lowest BCUT2D eigenvalue weighted by molar-refractivity contribution is -0.150. The van der Waals surface area contributed by atoms with E-state index in [1.54, 1.807) is 39.1 Å². The number of ether oxygens (including phenoxy) is 1. The summed E-state index contributed by atoms with van der Waals surface area (Å²) in [6.07, 6.45) is 2.06. The number of sulfonamides is 1. The van der Waals surface area contributed by atoms with E-state index in [9.17, 15) is 27.9 Å². The van der Waals surface area contributed by atoms with Gasteiger partial charge in [-0.2, -0.15) is 0 Å². The first-order valence-electron chi connectivity index (χ1n) is 15.1. The van der Waals surface area contributed by atoms with Crippen molar-refractivity contribution in [2.45, 2.75) is 75.5 Å². The van der Waals surface area contributed by atoms with Gasteiger partial charge in [-0.25, -0.2) is 23.4 Å². The normalized spacial score (nSPS) is 25.1. The molecule has 4 heterocycles. The van der Waals surface area contributed by atoms with Gasteiger partial charge in [0.15, 0.2) is 5.65 Å². The van der Waals surface area contributed by atoms with E-state index in [0.29, 0.717) is 29.7 Å². The Morgan fingerprint density at radius 3 is 2.61 bits per heavy atom. The van der Waals surface area contributed by atoms with Crippen molar-refractivity contribution < 1.29 is 32.6 Å². The maximum absolute atomic E-state index is 14.0. The number of pyridine rings is 1. The molecule has 46 heavy (non-hydrogen) atoms. The minimum atomic E-state index is -3.87. The van der Waals surface area contributed by atoms with E-state index < -0.39 is 68.1 Å². The zero-order chi connectivity index (χ0) is 33.0. The molecule has 15 heteroatoms. The Morgan fingerprint density at radius 1 is 1.22 bits per heavy atom. The third kappa shape index (κ3) is 6.10. The highest BCUT2D eigenvalue weighted by Crippen LogP contribution is 2.45. The van der Waals surface area contributed by atoms with E-state index in [1.165, 1.54) is 22.3 Å². The van der Waals surface area contributed by atoms with Gasteiger partial charge in [-0.1, -0.05) is 32.9 Å². The predicted octanol–water partition coefficient (Wildman–Crippen LogP) is 2.18. The Hall–Kier alpha value is -3.95. The number of aromatic nitrogens is 3. The van der Waals surface area contributed by atoms with Crippen LogP contribution in [0.4, 0.5) is 0 Å².